The summed E-state index contributed by atoms with van der Waals surface area (Å²) >= 11 is 0. The van der Waals surface area contributed by atoms with Gasteiger partial charge in [0.15, 0.2) is 0 Å². The first-order valence-electron chi connectivity index (χ1n) is 21.1. The van der Waals surface area contributed by atoms with Crippen LogP contribution in [0, 0.1) is 5.92 Å². The third-order valence-electron chi connectivity index (χ3n) is 12.4. The van der Waals surface area contributed by atoms with Gasteiger partial charge in [-0.3, -0.25) is 24.6 Å². The number of rotatable bonds is 14. The van der Waals surface area contributed by atoms with E-state index >= 15 is 0 Å². The molecule has 3 fully saturated rings. The van der Waals surface area contributed by atoms with Gasteiger partial charge in [0, 0.05) is 76.6 Å². The Hall–Kier alpha value is -5.43. The lowest BCUT2D eigenvalue weighted by atomic mass is 9.88. The minimum Gasteiger partial charge on any atom is -0.537 e. The van der Waals surface area contributed by atoms with Gasteiger partial charge >= 0.3 is 7.69 Å². The molecular weight excluding hydrogens is 741 g/mol. The van der Waals surface area contributed by atoms with Crippen molar-refractivity contribution in [1.82, 2.24) is 20.0 Å². The topological polar surface area (TPSA) is 115 Å². The van der Waals surface area contributed by atoms with Gasteiger partial charge in [0.1, 0.15) is 24.1 Å². The minimum absolute atomic E-state index is 0.125. The zero-order valence-electron chi connectivity index (χ0n) is 33.9. The summed E-state index contributed by atoms with van der Waals surface area (Å²) in [6, 6.07) is 32.2. The monoisotopic (exact) mass is 794 g/mol. The van der Waals surface area contributed by atoms with E-state index in [1.807, 2.05) is 42.5 Å². The maximum Gasteiger partial charge on any atom is 0.569 e. The quantitative estimate of drug-likeness (QED) is 0.0953. The van der Waals surface area contributed by atoms with Crippen LogP contribution < -0.4 is 19.6 Å². The van der Waals surface area contributed by atoms with Crippen molar-refractivity contribution in [3.05, 3.63) is 125 Å². The van der Waals surface area contributed by atoms with E-state index in [1.165, 1.54) is 11.1 Å². The molecule has 12 heteroatoms. The lowest BCUT2D eigenvalue weighted by Crippen LogP contribution is -2.52. The van der Waals surface area contributed by atoms with Crippen LogP contribution in [0.2, 0.25) is 0 Å². The van der Waals surface area contributed by atoms with Gasteiger partial charge in [-0.2, -0.15) is 0 Å². The van der Waals surface area contributed by atoms with E-state index in [0.717, 1.165) is 105 Å². The van der Waals surface area contributed by atoms with Crippen LogP contribution >= 0.6 is 0 Å². The smallest absolute Gasteiger partial charge is 0.537 e. The molecule has 1 atom stereocenters. The number of fused-ring (bicyclic) bond motifs is 1. The molecule has 0 bridgehead atoms. The van der Waals surface area contributed by atoms with Crippen LogP contribution in [-0.2, 0) is 16.1 Å². The summed E-state index contributed by atoms with van der Waals surface area (Å²) in [5, 5.41) is 11.5. The summed E-state index contributed by atoms with van der Waals surface area (Å²) in [6.07, 6.45) is 3.78. The lowest BCUT2D eigenvalue weighted by molar-refractivity contribution is -0.136. The molecule has 4 aliphatic rings. The highest BCUT2D eigenvalue weighted by Gasteiger charge is 2.39. The summed E-state index contributed by atoms with van der Waals surface area (Å²) < 4.78 is 11.4. The summed E-state index contributed by atoms with van der Waals surface area (Å²) in [5.41, 5.74) is 8.55. The number of piperidine rings is 2. The maximum absolute atomic E-state index is 13.1. The fourth-order valence-electron chi connectivity index (χ4n) is 9.14. The van der Waals surface area contributed by atoms with Gasteiger partial charge in [-0.25, -0.2) is 0 Å². The maximum atomic E-state index is 13.1. The number of allylic oxidation sites excluding steroid dienone is 1. The Balaban J connectivity index is 0.783. The van der Waals surface area contributed by atoms with E-state index in [9.17, 15) is 14.4 Å². The number of carbonyl (C=O) groups excluding carboxylic acids is 3. The van der Waals surface area contributed by atoms with Crippen molar-refractivity contribution in [3.8, 4) is 11.5 Å². The first-order valence-corrected chi connectivity index (χ1v) is 21.1. The Morgan fingerprint density at radius 2 is 1.46 bits per heavy atom. The molecule has 11 nitrogen and oxygen atoms in total. The third kappa shape index (κ3) is 9.41. The fraction of sp³-hybridized carbons (Fsp3) is 0.383. The van der Waals surface area contributed by atoms with Crippen LogP contribution in [-0.4, -0.2) is 110 Å². The van der Waals surface area contributed by atoms with Gasteiger partial charge in [-0.1, -0.05) is 61.5 Å². The van der Waals surface area contributed by atoms with E-state index in [4.69, 9.17) is 14.4 Å². The molecule has 0 aromatic heterocycles. The van der Waals surface area contributed by atoms with E-state index in [0.29, 0.717) is 44.5 Å². The molecule has 4 aromatic carbocycles. The van der Waals surface area contributed by atoms with E-state index in [1.54, 1.807) is 4.90 Å². The highest BCUT2D eigenvalue weighted by Crippen LogP contribution is 2.36. The Morgan fingerprint density at radius 1 is 0.780 bits per heavy atom. The SMILES string of the molecule is CC/C(=C(\c1ccc(O[B]O)cc1)c1ccc(OCCN2CCN(CC3CCN(c4ccc5c(c4)CN([C@@H]4CCC(=O)NC4=O)C5=O)CC3)CC2)cc1)c1ccccc1. The van der Waals surface area contributed by atoms with Crippen LogP contribution in [0.25, 0.3) is 11.1 Å². The molecule has 0 unspecified atom stereocenters. The van der Waals surface area contributed by atoms with Crippen molar-refractivity contribution in [2.45, 2.75) is 51.6 Å². The number of hydrogen-bond donors (Lipinski definition) is 2. The second-order valence-corrected chi connectivity index (χ2v) is 16.0. The van der Waals surface area contributed by atoms with Gasteiger partial charge in [-0.05, 0) is 107 Å². The molecule has 0 aliphatic carbocycles. The second-order valence-electron chi connectivity index (χ2n) is 16.0. The molecule has 59 heavy (non-hydrogen) atoms. The van der Waals surface area contributed by atoms with Crippen molar-refractivity contribution in [1.29, 1.82) is 0 Å². The molecule has 0 saturated carbocycles. The van der Waals surface area contributed by atoms with Crippen LogP contribution in [0.15, 0.2) is 97.1 Å². The molecular formula is C47H53BN5O6. The van der Waals surface area contributed by atoms with E-state index in [2.05, 4.69) is 81.5 Å². The Bertz CT molecular complexity index is 2130. The summed E-state index contributed by atoms with van der Waals surface area (Å²) in [6.45, 7) is 11.5. The zero-order chi connectivity index (χ0) is 40.7. The van der Waals surface area contributed by atoms with Gasteiger partial charge in [0.2, 0.25) is 11.8 Å². The molecule has 4 aromatic rings. The number of ether oxygens (including phenoxy) is 1. The summed E-state index contributed by atoms with van der Waals surface area (Å²) in [5.74, 6) is 1.33. The van der Waals surface area contributed by atoms with E-state index < -0.39 is 6.04 Å². The van der Waals surface area contributed by atoms with E-state index in [-0.39, 0.29) is 24.1 Å². The average molecular weight is 795 g/mol. The molecule has 3 saturated heterocycles. The van der Waals surface area contributed by atoms with Crippen molar-refractivity contribution < 1.29 is 28.8 Å². The number of nitrogens with zero attached hydrogens (tertiary/aromatic N) is 4. The number of nitrogens with one attached hydrogen (secondary N) is 1. The second kappa shape index (κ2) is 18.7. The van der Waals surface area contributed by atoms with Crippen LogP contribution in [0.3, 0.4) is 0 Å². The fourth-order valence-corrected chi connectivity index (χ4v) is 9.14. The lowest BCUT2D eigenvalue weighted by Gasteiger charge is -2.39. The number of piperazine rings is 1. The number of imide groups is 1. The van der Waals surface area contributed by atoms with Crippen molar-refractivity contribution >= 4 is 42.2 Å². The summed E-state index contributed by atoms with van der Waals surface area (Å²) in [4.78, 5) is 46.4. The number of amides is 3. The molecule has 8 rings (SSSR count). The first-order chi connectivity index (χ1) is 28.9. The van der Waals surface area contributed by atoms with Crippen LogP contribution in [0.4, 0.5) is 5.69 Å². The van der Waals surface area contributed by atoms with Crippen molar-refractivity contribution in [2.75, 3.05) is 63.9 Å². The normalized spacial score (nSPS) is 19.6. The Kier molecular flexibility index (Phi) is 12.8. The first kappa shape index (κ1) is 40.4. The molecule has 305 valence electrons. The predicted octanol–water partition coefficient (Wildman–Crippen LogP) is 5.64. The molecule has 3 amide bonds. The molecule has 2 N–H and O–H groups in total. The predicted molar refractivity (Wildman–Crippen MR) is 230 cm³/mol. The van der Waals surface area contributed by atoms with Crippen molar-refractivity contribution in [3.63, 3.8) is 0 Å². The van der Waals surface area contributed by atoms with Gasteiger partial charge in [0.25, 0.3) is 5.91 Å². The minimum atomic E-state index is -0.589. The van der Waals surface area contributed by atoms with Crippen molar-refractivity contribution in [2.24, 2.45) is 5.92 Å². The number of carbonyl (C=O) groups is 3. The van der Waals surface area contributed by atoms with Gasteiger partial charge in [0.05, 0.1) is 0 Å². The molecule has 0 spiro atoms. The Morgan fingerprint density at radius 3 is 2.12 bits per heavy atom. The molecule has 4 heterocycles. The largest absolute Gasteiger partial charge is 0.569 e. The van der Waals surface area contributed by atoms with Gasteiger partial charge < -0.3 is 29.1 Å². The van der Waals surface area contributed by atoms with Crippen LogP contribution in [0.1, 0.15) is 71.6 Å². The average Bonchev–Trinajstić information content (AvgIpc) is 3.59. The standard InChI is InChI=1S/C47H53BN5O6/c1-2-41(34-6-4-3-5-7-34)45(36-10-15-40(16-11-36)59-48-57)35-8-13-39(14-9-35)58-29-28-50-24-26-51(27-25-50)31-33-20-22-52(23-21-33)38-12-17-42-37(30-38)32-53(47(42)56)43-18-19-44(54)49-46(43)55/h3-17,30,33,43,57H,2,18-29,31-32H2,1H3,(H,49,54,55)/b45-41+/t43-/m1/s1. The van der Waals surface area contributed by atoms with Crippen LogP contribution in [0.5, 0.6) is 11.5 Å². The number of hydrogen-bond acceptors (Lipinski definition) is 9. The highest BCUT2D eigenvalue weighted by molar-refractivity contribution is 6.17. The highest BCUT2D eigenvalue weighted by atomic mass is 16.5. The number of benzene rings is 4. The third-order valence-corrected chi connectivity index (χ3v) is 12.4. The van der Waals surface area contributed by atoms with Gasteiger partial charge in [-0.15, -0.1) is 0 Å². The summed E-state index contributed by atoms with van der Waals surface area (Å²) in [7, 11) is 0.700. The molecule has 4 aliphatic heterocycles. The Labute approximate surface area is 347 Å². The number of anilines is 1. The molecule has 1 radical (unpaired) electrons. The zero-order valence-corrected chi connectivity index (χ0v) is 33.9.